The zero-order valence-corrected chi connectivity index (χ0v) is 22.6. The number of ketones is 1. The summed E-state index contributed by atoms with van der Waals surface area (Å²) in [4.78, 5) is 23.2. The van der Waals surface area contributed by atoms with Crippen LogP contribution in [0.15, 0.2) is 24.3 Å². The molecule has 3 atom stereocenters. The number of hydrogen-bond acceptors (Lipinski definition) is 6. The van der Waals surface area contributed by atoms with Gasteiger partial charge in [0.2, 0.25) is 0 Å². The van der Waals surface area contributed by atoms with Gasteiger partial charge in [-0.25, -0.2) is 4.79 Å². The lowest BCUT2D eigenvalue weighted by Crippen LogP contribution is -2.50. The first-order chi connectivity index (χ1) is 17.4. The molecule has 0 aliphatic carbocycles. The Morgan fingerprint density at radius 1 is 1.00 bits per heavy atom. The predicted molar refractivity (Wildman–Crippen MR) is 145 cm³/mol. The zero-order valence-electron chi connectivity index (χ0n) is 22.6. The highest BCUT2D eigenvalue weighted by atomic mass is 16.5. The molecule has 0 saturated carbocycles. The molecule has 2 N–H and O–H groups in total. The van der Waals surface area contributed by atoms with E-state index in [1.165, 1.54) is 77.4 Å². The summed E-state index contributed by atoms with van der Waals surface area (Å²) in [6, 6.07) is 5.58. The van der Waals surface area contributed by atoms with E-state index in [1.54, 1.807) is 31.2 Å². The van der Waals surface area contributed by atoms with Crippen LogP contribution in [0, 0.1) is 0 Å². The normalized spacial score (nSPS) is 19.9. The number of carbonyl (C=O) groups is 2. The van der Waals surface area contributed by atoms with Gasteiger partial charge in [-0.2, -0.15) is 0 Å². The van der Waals surface area contributed by atoms with Gasteiger partial charge < -0.3 is 24.7 Å². The number of Topliss-reactive ketones (excluding diaryl/α,β-unsaturated/α-hetero) is 1. The summed E-state index contributed by atoms with van der Waals surface area (Å²) in [5.41, 5.74) is 0.762. The van der Waals surface area contributed by atoms with Crippen molar-refractivity contribution in [1.29, 1.82) is 0 Å². The minimum atomic E-state index is -0.352. The number of methoxy groups -OCH3 is 1. The molecule has 0 bridgehead atoms. The average Bonchev–Trinajstić information content (AvgIpc) is 2.85. The topological polar surface area (TPSA) is 84.9 Å². The van der Waals surface area contributed by atoms with Crippen molar-refractivity contribution in [3.05, 3.63) is 29.8 Å². The van der Waals surface area contributed by atoms with Gasteiger partial charge >= 0.3 is 5.97 Å². The summed E-state index contributed by atoms with van der Waals surface area (Å²) >= 11 is 0. The molecule has 0 aromatic heterocycles. The number of rotatable bonds is 17. The fourth-order valence-electron chi connectivity index (χ4n) is 4.90. The quantitative estimate of drug-likeness (QED) is 0.140. The average molecular weight is 502 g/mol. The minimum Gasteiger partial charge on any atom is -0.504 e. The van der Waals surface area contributed by atoms with E-state index in [1.807, 2.05) is 0 Å². The number of carbonyl (C=O) groups excluding carboxylic acids is 2. The molecule has 3 unspecified atom stereocenters. The van der Waals surface area contributed by atoms with Crippen LogP contribution in [0.4, 0.5) is 0 Å². The molecule has 202 valence electrons. The lowest BCUT2D eigenvalue weighted by Gasteiger charge is -2.35. The van der Waals surface area contributed by atoms with Crippen molar-refractivity contribution in [3.8, 4) is 11.5 Å². The highest BCUT2D eigenvalue weighted by Crippen LogP contribution is 2.27. The van der Waals surface area contributed by atoms with E-state index >= 15 is 0 Å². The van der Waals surface area contributed by atoms with Crippen LogP contribution in [0.25, 0.3) is 6.08 Å². The number of nitrogens with one attached hydrogen (secondary N) is 1. The second-order valence-corrected chi connectivity index (χ2v) is 10.2. The number of piperidine rings is 1. The third kappa shape index (κ3) is 12.1. The lowest BCUT2D eigenvalue weighted by atomic mass is 9.93. The number of hydrogen-bond donors (Lipinski definition) is 2. The molecule has 1 aromatic carbocycles. The summed E-state index contributed by atoms with van der Waals surface area (Å²) in [6.07, 6.45) is 19.5. The van der Waals surface area contributed by atoms with E-state index < -0.39 is 0 Å². The molecular formula is C30H47NO5. The predicted octanol–water partition coefficient (Wildman–Crippen LogP) is 6.74. The molecule has 1 heterocycles. The van der Waals surface area contributed by atoms with Crippen molar-refractivity contribution in [2.24, 2.45) is 0 Å². The second kappa shape index (κ2) is 17.2. The largest absolute Gasteiger partial charge is 0.504 e. The molecule has 2 rings (SSSR count). The first kappa shape index (κ1) is 29.9. The standard InChI is InChI=1S/C30H47NO5/c1-23(32)14-12-10-8-6-4-5-7-9-11-13-15-26-18-20-28(24(2)31-26)36-30(34)21-17-25-16-19-27(33)29(22-25)35-3/h16-17,19,21-22,24,26,28,31,33H,4-15,18,20H2,1-3H3. The first-order valence-corrected chi connectivity index (χ1v) is 13.9. The fourth-order valence-corrected chi connectivity index (χ4v) is 4.90. The molecule has 6 heteroatoms. The van der Waals surface area contributed by atoms with Gasteiger partial charge in [-0.3, -0.25) is 0 Å². The van der Waals surface area contributed by atoms with Crippen LogP contribution in [0.3, 0.4) is 0 Å². The number of ether oxygens (including phenoxy) is 2. The van der Waals surface area contributed by atoms with Crippen molar-refractivity contribution < 1.29 is 24.2 Å². The van der Waals surface area contributed by atoms with Crippen molar-refractivity contribution in [3.63, 3.8) is 0 Å². The lowest BCUT2D eigenvalue weighted by molar-refractivity contribution is -0.145. The Balaban J connectivity index is 1.52. The molecule has 1 aliphatic heterocycles. The van der Waals surface area contributed by atoms with E-state index in [0.29, 0.717) is 17.6 Å². The van der Waals surface area contributed by atoms with Crippen LogP contribution in [0.5, 0.6) is 11.5 Å². The van der Waals surface area contributed by atoms with E-state index in [0.717, 1.165) is 31.2 Å². The Bertz CT molecular complexity index is 822. The van der Waals surface area contributed by atoms with Gasteiger partial charge in [0.05, 0.1) is 7.11 Å². The molecule has 0 radical (unpaired) electrons. The van der Waals surface area contributed by atoms with E-state index in [9.17, 15) is 14.7 Å². The van der Waals surface area contributed by atoms with Crippen LogP contribution >= 0.6 is 0 Å². The van der Waals surface area contributed by atoms with Crippen LogP contribution < -0.4 is 10.1 Å². The smallest absolute Gasteiger partial charge is 0.331 e. The number of phenols is 1. The van der Waals surface area contributed by atoms with Crippen molar-refractivity contribution in [1.82, 2.24) is 5.32 Å². The number of esters is 1. The maximum absolute atomic E-state index is 12.3. The molecule has 1 aliphatic rings. The Morgan fingerprint density at radius 3 is 2.25 bits per heavy atom. The van der Waals surface area contributed by atoms with Crippen LogP contribution in [-0.4, -0.2) is 42.2 Å². The summed E-state index contributed by atoms with van der Waals surface area (Å²) < 4.78 is 10.8. The highest BCUT2D eigenvalue weighted by molar-refractivity contribution is 5.87. The summed E-state index contributed by atoms with van der Waals surface area (Å²) in [5, 5.41) is 13.3. The SMILES string of the molecule is COc1cc(C=CC(=O)OC2CCC(CCCCCCCCCCCCC(C)=O)NC2C)ccc1O. The van der Waals surface area contributed by atoms with Gasteiger partial charge in [0.15, 0.2) is 11.5 Å². The molecule has 1 aromatic rings. The molecule has 1 fully saturated rings. The third-order valence-corrected chi connectivity index (χ3v) is 7.07. The number of phenolic OH excluding ortho intramolecular Hbond substituents is 1. The highest BCUT2D eigenvalue weighted by Gasteiger charge is 2.28. The Hall–Kier alpha value is -2.34. The third-order valence-electron chi connectivity index (χ3n) is 7.07. The molecular weight excluding hydrogens is 454 g/mol. The van der Waals surface area contributed by atoms with Crippen LogP contribution in [-0.2, 0) is 14.3 Å². The molecule has 6 nitrogen and oxygen atoms in total. The van der Waals surface area contributed by atoms with Gasteiger partial charge in [-0.05, 0) is 63.3 Å². The Morgan fingerprint density at radius 2 is 1.64 bits per heavy atom. The summed E-state index contributed by atoms with van der Waals surface area (Å²) in [5.74, 6) is 0.401. The fraction of sp³-hybridized carbons (Fsp3) is 0.667. The monoisotopic (exact) mass is 501 g/mol. The van der Waals surface area contributed by atoms with Gasteiger partial charge in [0.25, 0.3) is 0 Å². The molecule has 36 heavy (non-hydrogen) atoms. The molecule has 0 spiro atoms. The Labute approximate surface area is 217 Å². The minimum absolute atomic E-state index is 0.0681. The maximum Gasteiger partial charge on any atom is 0.331 e. The van der Waals surface area contributed by atoms with E-state index in [-0.39, 0.29) is 23.9 Å². The van der Waals surface area contributed by atoms with Gasteiger partial charge in [-0.1, -0.05) is 63.9 Å². The van der Waals surface area contributed by atoms with Gasteiger partial charge in [0, 0.05) is 24.6 Å². The van der Waals surface area contributed by atoms with Crippen LogP contribution in [0.2, 0.25) is 0 Å². The van der Waals surface area contributed by atoms with Gasteiger partial charge in [0.1, 0.15) is 11.9 Å². The molecule has 0 amide bonds. The summed E-state index contributed by atoms with van der Waals surface area (Å²) in [6.45, 7) is 3.78. The summed E-state index contributed by atoms with van der Waals surface area (Å²) in [7, 11) is 1.49. The number of unbranched alkanes of at least 4 members (excludes halogenated alkanes) is 9. The number of aromatic hydroxyl groups is 1. The van der Waals surface area contributed by atoms with Crippen LogP contribution in [0.1, 0.15) is 109 Å². The van der Waals surface area contributed by atoms with Gasteiger partial charge in [-0.15, -0.1) is 0 Å². The first-order valence-electron chi connectivity index (χ1n) is 13.9. The second-order valence-electron chi connectivity index (χ2n) is 10.2. The van der Waals surface area contributed by atoms with E-state index in [2.05, 4.69) is 12.2 Å². The zero-order chi connectivity index (χ0) is 26.2. The number of benzene rings is 1. The maximum atomic E-state index is 12.3. The van der Waals surface area contributed by atoms with E-state index in [4.69, 9.17) is 9.47 Å². The molecule has 1 saturated heterocycles. The van der Waals surface area contributed by atoms with Crippen molar-refractivity contribution >= 4 is 17.8 Å². The Kier molecular flexibility index (Phi) is 14.3. The van der Waals surface area contributed by atoms with Crippen molar-refractivity contribution in [2.75, 3.05) is 7.11 Å². The van der Waals surface area contributed by atoms with Crippen molar-refractivity contribution in [2.45, 2.75) is 122 Å².